The van der Waals surface area contributed by atoms with E-state index in [1.54, 1.807) is 12.1 Å². The first-order valence-electron chi connectivity index (χ1n) is 12.0. The minimum Gasteiger partial charge on any atom is -0.281 e. The van der Waals surface area contributed by atoms with Crippen LogP contribution >= 0.6 is 59.6 Å². The van der Waals surface area contributed by atoms with Crippen LogP contribution in [-0.2, 0) is 0 Å². The van der Waals surface area contributed by atoms with E-state index in [-0.39, 0.29) is 8.85 Å². The SMILES string of the molecule is BrC(Br)c1ccc(-c2ccccc2)nn1.CC.O=C(Sc1ccc(-c2ccccc2)nn1)c1ccc(Br)cc1. The Hall–Kier alpha value is -2.72. The second-order valence-electron chi connectivity index (χ2n) is 7.53. The van der Waals surface area contributed by atoms with E-state index in [9.17, 15) is 4.79 Å². The number of alkyl halides is 2. The zero-order valence-electron chi connectivity index (χ0n) is 21.2. The first-order valence-corrected chi connectivity index (χ1v) is 15.5. The van der Waals surface area contributed by atoms with Gasteiger partial charge in [0, 0.05) is 21.2 Å². The maximum absolute atomic E-state index is 12.2. The molecule has 0 saturated carbocycles. The molecule has 0 radical (unpaired) electrons. The van der Waals surface area contributed by atoms with Crippen LogP contribution in [-0.4, -0.2) is 25.5 Å². The van der Waals surface area contributed by atoms with Crippen molar-refractivity contribution in [2.75, 3.05) is 0 Å². The van der Waals surface area contributed by atoms with Gasteiger partial charge in [0.25, 0.3) is 0 Å². The van der Waals surface area contributed by atoms with Crippen molar-refractivity contribution in [1.82, 2.24) is 20.4 Å². The van der Waals surface area contributed by atoms with Gasteiger partial charge in [0.1, 0.15) is 8.76 Å². The fourth-order valence-corrected chi connectivity index (χ4v) is 4.51. The van der Waals surface area contributed by atoms with Crippen LogP contribution in [0.1, 0.15) is 33.6 Å². The molecule has 0 bridgehead atoms. The number of benzene rings is 3. The number of nitrogens with zero attached hydrogens (tertiary/aromatic N) is 4. The third-order valence-electron chi connectivity index (χ3n) is 4.97. The van der Waals surface area contributed by atoms with E-state index < -0.39 is 0 Å². The van der Waals surface area contributed by atoms with Crippen LogP contribution in [0.15, 0.2) is 119 Å². The molecule has 2 heterocycles. The molecule has 0 saturated heterocycles. The average Bonchev–Trinajstić information content (AvgIpc) is 3.00. The summed E-state index contributed by atoms with van der Waals surface area (Å²) in [4.78, 5) is 12.2. The van der Waals surface area contributed by atoms with Crippen LogP contribution in [0.4, 0.5) is 0 Å². The third kappa shape index (κ3) is 9.76. The van der Waals surface area contributed by atoms with Crippen molar-refractivity contribution in [1.29, 1.82) is 0 Å². The maximum atomic E-state index is 12.2. The lowest BCUT2D eigenvalue weighted by molar-refractivity contribution is 0.108. The molecule has 9 heteroatoms. The number of carbonyl (C=O) groups is 1. The molecule has 198 valence electrons. The summed E-state index contributed by atoms with van der Waals surface area (Å²) in [6.45, 7) is 4.00. The lowest BCUT2D eigenvalue weighted by Crippen LogP contribution is -1.95. The van der Waals surface area contributed by atoms with Gasteiger partial charge in [-0.05, 0) is 60.3 Å². The van der Waals surface area contributed by atoms with Crippen molar-refractivity contribution in [2.24, 2.45) is 0 Å². The van der Waals surface area contributed by atoms with E-state index in [1.807, 2.05) is 111 Å². The Morgan fingerprint density at radius 1 is 0.641 bits per heavy atom. The topological polar surface area (TPSA) is 68.6 Å². The molecule has 3 aromatic carbocycles. The van der Waals surface area contributed by atoms with Gasteiger partial charge in [-0.2, -0.15) is 10.2 Å². The highest BCUT2D eigenvalue weighted by atomic mass is 79.9. The maximum Gasteiger partial charge on any atom is 0.225 e. The van der Waals surface area contributed by atoms with E-state index >= 15 is 0 Å². The van der Waals surface area contributed by atoms with E-state index in [2.05, 4.69) is 68.2 Å². The fraction of sp³-hybridized carbons (Fsp3) is 0.100. The van der Waals surface area contributed by atoms with Crippen molar-refractivity contribution in [2.45, 2.75) is 22.6 Å². The predicted octanol–water partition coefficient (Wildman–Crippen LogP) is 9.80. The quantitative estimate of drug-likeness (QED) is 0.133. The number of halogens is 3. The molecule has 5 nitrogen and oxygen atoms in total. The average molecular weight is 729 g/mol. The summed E-state index contributed by atoms with van der Waals surface area (Å²) >= 11 is 11.2. The summed E-state index contributed by atoms with van der Waals surface area (Å²) in [5.41, 5.74) is 5.28. The van der Waals surface area contributed by atoms with Crippen molar-refractivity contribution in [3.63, 3.8) is 0 Å². The Labute approximate surface area is 258 Å². The number of aromatic nitrogens is 4. The summed E-state index contributed by atoms with van der Waals surface area (Å²) in [6, 6.07) is 34.7. The van der Waals surface area contributed by atoms with E-state index in [0.717, 1.165) is 44.4 Å². The molecule has 39 heavy (non-hydrogen) atoms. The third-order valence-corrected chi connectivity index (χ3v) is 7.28. The Morgan fingerprint density at radius 3 is 1.59 bits per heavy atom. The monoisotopic (exact) mass is 726 g/mol. The van der Waals surface area contributed by atoms with Crippen LogP contribution in [0.2, 0.25) is 0 Å². The van der Waals surface area contributed by atoms with Crippen LogP contribution in [0.3, 0.4) is 0 Å². The molecule has 0 atom stereocenters. The number of carbonyl (C=O) groups excluding carboxylic acids is 1. The molecule has 0 fully saturated rings. The zero-order chi connectivity index (χ0) is 28.0. The van der Waals surface area contributed by atoms with Crippen LogP contribution in [0.5, 0.6) is 0 Å². The van der Waals surface area contributed by atoms with Crippen molar-refractivity contribution in [3.05, 3.63) is 125 Å². The van der Waals surface area contributed by atoms with E-state index in [1.165, 1.54) is 0 Å². The summed E-state index contributed by atoms with van der Waals surface area (Å²) in [5.74, 6) is 0. The molecule has 5 rings (SSSR count). The van der Waals surface area contributed by atoms with E-state index in [4.69, 9.17) is 0 Å². The van der Waals surface area contributed by atoms with Gasteiger partial charge < -0.3 is 0 Å². The normalized spacial score (nSPS) is 10.1. The summed E-state index contributed by atoms with van der Waals surface area (Å²) < 4.78 is 1.00. The molecule has 0 N–H and O–H groups in total. The standard InChI is InChI=1S/C17H11BrN2OS.C11H8Br2N2.C2H6/c18-14-8-6-13(7-9-14)17(21)22-16-11-10-15(19-20-16)12-4-2-1-3-5-12;12-11(13)10-7-6-9(14-15-10)8-4-2-1-3-5-8;1-2/h1-11H;1-7,11H;1-2H3. The van der Waals surface area contributed by atoms with Gasteiger partial charge in [0.2, 0.25) is 5.12 Å². The molecule has 0 aliphatic heterocycles. The van der Waals surface area contributed by atoms with Crippen LogP contribution < -0.4 is 0 Å². The van der Waals surface area contributed by atoms with Crippen molar-refractivity contribution < 1.29 is 4.79 Å². The summed E-state index contributed by atoms with van der Waals surface area (Å²) in [5, 5.41) is 17.1. The largest absolute Gasteiger partial charge is 0.281 e. The first-order chi connectivity index (χ1) is 19.0. The Balaban J connectivity index is 0.000000216. The smallest absolute Gasteiger partial charge is 0.225 e. The molecular weight excluding hydrogens is 704 g/mol. The van der Waals surface area contributed by atoms with Gasteiger partial charge in [-0.1, -0.05) is 122 Å². The lowest BCUT2D eigenvalue weighted by Gasteiger charge is -2.02. The highest BCUT2D eigenvalue weighted by Crippen LogP contribution is 2.28. The summed E-state index contributed by atoms with van der Waals surface area (Å²) in [6.07, 6.45) is 0. The highest BCUT2D eigenvalue weighted by molar-refractivity contribution is 9.24. The highest BCUT2D eigenvalue weighted by Gasteiger charge is 2.10. The van der Waals surface area contributed by atoms with Crippen molar-refractivity contribution in [3.8, 4) is 22.5 Å². The summed E-state index contributed by atoms with van der Waals surface area (Å²) in [7, 11) is 0. The molecule has 0 unspecified atom stereocenters. The van der Waals surface area contributed by atoms with Crippen LogP contribution in [0.25, 0.3) is 22.5 Å². The Bertz CT molecular complexity index is 1420. The molecule has 0 aliphatic carbocycles. The van der Waals surface area contributed by atoms with Crippen molar-refractivity contribution >= 4 is 64.7 Å². The molecule has 0 spiro atoms. The number of hydrogen-bond donors (Lipinski definition) is 0. The molecule has 0 aliphatic rings. The van der Waals surface area contributed by atoms with Crippen LogP contribution in [0, 0.1) is 0 Å². The minimum atomic E-state index is -0.0470. The number of thioether (sulfide) groups is 1. The second kappa shape index (κ2) is 16.4. The number of rotatable bonds is 5. The van der Waals surface area contributed by atoms with Gasteiger partial charge in [-0.25, -0.2) is 0 Å². The van der Waals surface area contributed by atoms with E-state index in [0.29, 0.717) is 10.6 Å². The molecule has 0 amide bonds. The Kier molecular flexibility index (Phi) is 13.0. The predicted molar refractivity (Wildman–Crippen MR) is 171 cm³/mol. The van der Waals surface area contributed by atoms with Gasteiger partial charge in [-0.3, -0.25) is 4.79 Å². The molecule has 5 aromatic rings. The fourth-order valence-electron chi connectivity index (χ4n) is 3.10. The first kappa shape index (κ1) is 30.8. The Morgan fingerprint density at radius 2 is 1.15 bits per heavy atom. The van der Waals surface area contributed by atoms with Gasteiger partial charge in [0.15, 0.2) is 0 Å². The van der Waals surface area contributed by atoms with Gasteiger partial charge in [0.05, 0.1) is 17.1 Å². The second-order valence-corrected chi connectivity index (χ2v) is 12.5. The molecular formula is C30H25Br3N4OS. The zero-order valence-corrected chi connectivity index (χ0v) is 26.8. The number of hydrogen-bond acceptors (Lipinski definition) is 6. The van der Waals surface area contributed by atoms with Gasteiger partial charge >= 0.3 is 0 Å². The van der Waals surface area contributed by atoms with Gasteiger partial charge in [-0.15, -0.1) is 10.2 Å². The lowest BCUT2D eigenvalue weighted by atomic mass is 10.1. The minimum absolute atomic E-state index is 0.0470. The molecule has 2 aromatic heterocycles.